The van der Waals surface area contributed by atoms with Crippen molar-refractivity contribution in [3.05, 3.63) is 41.6 Å². The Morgan fingerprint density at radius 3 is 2.54 bits per heavy atom. The van der Waals surface area contributed by atoms with Gasteiger partial charge in [0.05, 0.1) is 11.4 Å². The molecule has 6 heteroatoms. The standard InChI is InChI=1S/C18H22N2O4/c1-10-5-7-11(8-6-10)12-9-13(20-19-12)14-15-16(17(21-4)22-14)24-18(2,3)23-15/h5-9,14-17H,1-4H3,(H,19,20)/t14-,15-,16-,17-/m1/s1. The fourth-order valence-corrected chi connectivity index (χ4v) is 3.36. The van der Waals surface area contributed by atoms with Crippen LogP contribution in [0.1, 0.15) is 31.2 Å². The molecule has 1 N–H and O–H groups in total. The summed E-state index contributed by atoms with van der Waals surface area (Å²) in [6.45, 7) is 5.87. The van der Waals surface area contributed by atoms with Gasteiger partial charge in [0.15, 0.2) is 12.1 Å². The van der Waals surface area contributed by atoms with Crippen LogP contribution in [0.2, 0.25) is 0 Å². The van der Waals surface area contributed by atoms with Gasteiger partial charge in [0.2, 0.25) is 0 Å². The Labute approximate surface area is 141 Å². The van der Waals surface area contributed by atoms with Crippen LogP contribution in [-0.2, 0) is 18.9 Å². The SMILES string of the molecule is CO[C@@H]1O[C@H](c2cc(-c3ccc(C)cc3)n[nH]2)[C@H]2OC(C)(C)O[C@@H]12. The van der Waals surface area contributed by atoms with Crippen LogP contribution < -0.4 is 0 Å². The molecule has 1 aromatic carbocycles. The molecule has 0 spiro atoms. The monoisotopic (exact) mass is 330 g/mol. The predicted octanol–water partition coefficient (Wildman–Crippen LogP) is 2.95. The zero-order valence-corrected chi connectivity index (χ0v) is 14.3. The van der Waals surface area contributed by atoms with E-state index in [0.29, 0.717) is 0 Å². The molecule has 4 rings (SSSR count). The third-order valence-corrected chi connectivity index (χ3v) is 4.49. The molecule has 0 amide bonds. The summed E-state index contributed by atoms with van der Waals surface area (Å²) in [6.07, 6.45) is -1.22. The van der Waals surface area contributed by atoms with Crippen LogP contribution in [0.15, 0.2) is 30.3 Å². The van der Waals surface area contributed by atoms with E-state index in [1.807, 2.05) is 19.9 Å². The average molecular weight is 330 g/mol. The van der Waals surface area contributed by atoms with Gasteiger partial charge in [-0.15, -0.1) is 0 Å². The van der Waals surface area contributed by atoms with Crippen LogP contribution in [-0.4, -0.2) is 41.6 Å². The molecule has 6 nitrogen and oxygen atoms in total. The second-order valence-electron chi connectivity index (χ2n) is 6.80. The summed E-state index contributed by atoms with van der Waals surface area (Å²) in [5.74, 6) is -0.645. The molecule has 24 heavy (non-hydrogen) atoms. The van der Waals surface area contributed by atoms with Crippen molar-refractivity contribution in [1.82, 2.24) is 10.2 Å². The Morgan fingerprint density at radius 1 is 1.12 bits per heavy atom. The summed E-state index contributed by atoms with van der Waals surface area (Å²) in [5.41, 5.74) is 4.02. The highest BCUT2D eigenvalue weighted by molar-refractivity contribution is 5.59. The van der Waals surface area contributed by atoms with E-state index >= 15 is 0 Å². The van der Waals surface area contributed by atoms with Gasteiger partial charge in [0, 0.05) is 12.7 Å². The Bertz CT molecular complexity index is 725. The maximum Gasteiger partial charge on any atom is 0.187 e. The summed E-state index contributed by atoms with van der Waals surface area (Å²) in [5, 5.41) is 7.50. The van der Waals surface area contributed by atoms with E-state index in [2.05, 4.69) is 41.4 Å². The van der Waals surface area contributed by atoms with E-state index in [0.717, 1.165) is 17.0 Å². The molecule has 2 fully saturated rings. The number of nitrogens with one attached hydrogen (secondary N) is 1. The number of nitrogens with zero attached hydrogens (tertiary/aromatic N) is 1. The molecule has 0 bridgehead atoms. The van der Waals surface area contributed by atoms with E-state index in [1.165, 1.54) is 5.56 Å². The Hall–Kier alpha value is -1.73. The van der Waals surface area contributed by atoms with Crippen molar-refractivity contribution in [2.75, 3.05) is 7.11 Å². The van der Waals surface area contributed by atoms with Crippen molar-refractivity contribution in [1.29, 1.82) is 0 Å². The van der Waals surface area contributed by atoms with E-state index in [-0.39, 0.29) is 18.3 Å². The van der Waals surface area contributed by atoms with Gasteiger partial charge in [-0.25, -0.2) is 0 Å². The number of aryl methyl sites for hydroxylation is 1. The zero-order chi connectivity index (χ0) is 16.9. The minimum Gasteiger partial charge on any atom is -0.353 e. The fourth-order valence-electron chi connectivity index (χ4n) is 3.36. The maximum atomic E-state index is 6.03. The quantitative estimate of drug-likeness (QED) is 0.937. The number of rotatable bonds is 3. The van der Waals surface area contributed by atoms with Crippen molar-refractivity contribution >= 4 is 0 Å². The van der Waals surface area contributed by atoms with E-state index in [4.69, 9.17) is 18.9 Å². The number of aromatic nitrogens is 2. The van der Waals surface area contributed by atoms with Gasteiger partial charge < -0.3 is 18.9 Å². The van der Waals surface area contributed by atoms with Gasteiger partial charge in [0.25, 0.3) is 0 Å². The first-order valence-corrected chi connectivity index (χ1v) is 8.13. The molecule has 0 unspecified atom stereocenters. The van der Waals surface area contributed by atoms with Crippen LogP contribution in [0.3, 0.4) is 0 Å². The molecule has 0 saturated carbocycles. The van der Waals surface area contributed by atoms with Crippen molar-refractivity contribution < 1.29 is 18.9 Å². The molecule has 1 aromatic heterocycles. The number of hydrogen-bond donors (Lipinski definition) is 1. The number of aromatic amines is 1. The zero-order valence-electron chi connectivity index (χ0n) is 14.3. The van der Waals surface area contributed by atoms with Gasteiger partial charge in [-0.3, -0.25) is 5.10 Å². The van der Waals surface area contributed by atoms with E-state index in [9.17, 15) is 0 Å². The number of hydrogen-bond acceptors (Lipinski definition) is 5. The lowest BCUT2D eigenvalue weighted by molar-refractivity contribution is -0.228. The van der Waals surface area contributed by atoms with Crippen molar-refractivity contribution in [2.45, 2.75) is 51.2 Å². The molecule has 128 valence electrons. The summed E-state index contributed by atoms with van der Waals surface area (Å²) in [7, 11) is 1.61. The third-order valence-electron chi connectivity index (χ3n) is 4.49. The molecule has 2 saturated heterocycles. The first-order valence-electron chi connectivity index (χ1n) is 8.13. The second-order valence-corrected chi connectivity index (χ2v) is 6.80. The van der Waals surface area contributed by atoms with Crippen LogP contribution in [0.5, 0.6) is 0 Å². The molecule has 0 radical (unpaired) electrons. The van der Waals surface area contributed by atoms with Crippen LogP contribution in [0, 0.1) is 6.92 Å². The molecule has 0 aliphatic carbocycles. The largest absolute Gasteiger partial charge is 0.353 e. The van der Waals surface area contributed by atoms with Crippen LogP contribution in [0.4, 0.5) is 0 Å². The Kier molecular flexibility index (Phi) is 3.73. The molecule has 2 aromatic rings. The predicted molar refractivity (Wildman–Crippen MR) is 87.2 cm³/mol. The highest BCUT2D eigenvalue weighted by atomic mass is 16.8. The Balaban J connectivity index is 1.61. The van der Waals surface area contributed by atoms with Gasteiger partial charge in [-0.05, 0) is 26.8 Å². The van der Waals surface area contributed by atoms with Crippen LogP contribution >= 0.6 is 0 Å². The van der Waals surface area contributed by atoms with Crippen molar-refractivity contribution in [3.63, 3.8) is 0 Å². The fraction of sp³-hybridized carbons (Fsp3) is 0.500. The van der Waals surface area contributed by atoms with Crippen molar-refractivity contribution in [3.8, 4) is 11.3 Å². The first kappa shape index (κ1) is 15.8. The molecular weight excluding hydrogens is 308 g/mol. The van der Waals surface area contributed by atoms with Gasteiger partial charge in [0.1, 0.15) is 18.3 Å². The highest BCUT2D eigenvalue weighted by Gasteiger charge is 2.56. The maximum absolute atomic E-state index is 6.03. The second kappa shape index (κ2) is 5.67. The lowest BCUT2D eigenvalue weighted by atomic mass is 10.1. The molecule has 4 atom stereocenters. The topological polar surface area (TPSA) is 65.6 Å². The number of ether oxygens (including phenoxy) is 4. The highest BCUT2D eigenvalue weighted by Crippen LogP contribution is 2.45. The van der Waals surface area contributed by atoms with Gasteiger partial charge in [-0.2, -0.15) is 5.10 Å². The molecule has 2 aliphatic rings. The summed E-state index contributed by atoms with van der Waals surface area (Å²) in [6, 6.07) is 10.3. The lowest BCUT2D eigenvalue weighted by Gasteiger charge is -2.23. The smallest absolute Gasteiger partial charge is 0.187 e. The van der Waals surface area contributed by atoms with E-state index in [1.54, 1.807) is 7.11 Å². The minimum atomic E-state index is -0.645. The number of H-pyrrole nitrogens is 1. The number of methoxy groups -OCH3 is 1. The molecule has 3 heterocycles. The van der Waals surface area contributed by atoms with Crippen molar-refractivity contribution in [2.24, 2.45) is 0 Å². The van der Waals surface area contributed by atoms with Crippen LogP contribution in [0.25, 0.3) is 11.3 Å². The van der Waals surface area contributed by atoms with Gasteiger partial charge >= 0.3 is 0 Å². The summed E-state index contributed by atoms with van der Waals surface area (Å²) < 4.78 is 23.3. The number of fused-ring (bicyclic) bond motifs is 1. The normalized spacial score (nSPS) is 31.3. The average Bonchev–Trinajstić information content (AvgIpc) is 3.21. The molecule has 2 aliphatic heterocycles. The minimum absolute atomic E-state index is 0.226. The summed E-state index contributed by atoms with van der Waals surface area (Å²) >= 11 is 0. The Morgan fingerprint density at radius 2 is 1.83 bits per heavy atom. The number of benzene rings is 1. The van der Waals surface area contributed by atoms with E-state index < -0.39 is 12.1 Å². The van der Waals surface area contributed by atoms with Gasteiger partial charge in [-0.1, -0.05) is 29.8 Å². The molecular formula is C18H22N2O4. The summed E-state index contributed by atoms with van der Waals surface area (Å²) in [4.78, 5) is 0. The first-order chi connectivity index (χ1) is 11.5. The lowest BCUT2D eigenvalue weighted by Crippen LogP contribution is -2.30. The third kappa shape index (κ3) is 2.65.